The van der Waals surface area contributed by atoms with Gasteiger partial charge in [-0.25, -0.2) is 4.79 Å². The maximum absolute atomic E-state index is 11.7. The van der Waals surface area contributed by atoms with Crippen LogP contribution in [0.4, 0.5) is 4.79 Å². The maximum atomic E-state index is 11.7. The van der Waals surface area contributed by atoms with Gasteiger partial charge in [0.25, 0.3) is 0 Å². The number of carbonyl (C=O) groups excluding carboxylic acids is 2. The van der Waals surface area contributed by atoms with Gasteiger partial charge in [0.1, 0.15) is 0 Å². The Bertz CT molecular complexity index is 240. The molecule has 80 valence electrons. The van der Waals surface area contributed by atoms with E-state index in [1.807, 2.05) is 13.8 Å². The van der Waals surface area contributed by atoms with Crippen molar-refractivity contribution >= 4 is 11.8 Å². The van der Waals surface area contributed by atoms with Crippen molar-refractivity contribution in [2.75, 3.05) is 20.1 Å². The van der Waals surface area contributed by atoms with Crippen LogP contribution in [0.25, 0.3) is 0 Å². The summed E-state index contributed by atoms with van der Waals surface area (Å²) in [6, 6.07) is -0.291. The van der Waals surface area contributed by atoms with Crippen LogP contribution in [0.2, 0.25) is 0 Å². The lowest BCUT2D eigenvalue weighted by molar-refractivity contribution is -0.122. The molecule has 1 aliphatic rings. The molecule has 1 rings (SSSR count). The SMILES string of the molecule is CCC(=O)C(C)N1CCCN(C)C1=O. The largest absolute Gasteiger partial charge is 0.328 e. The number of urea groups is 1. The fraction of sp³-hybridized carbons (Fsp3) is 0.800. The quantitative estimate of drug-likeness (QED) is 0.681. The fourth-order valence-electron chi connectivity index (χ4n) is 1.72. The summed E-state index contributed by atoms with van der Waals surface area (Å²) in [5, 5.41) is 0. The van der Waals surface area contributed by atoms with Crippen LogP contribution in [0.5, 0.6) is 0 Å². The average Bonchev–Trinajstić information content (AvgIpc) is 2.20. The van der Waals surface area contributed by atoms with Gasteiger partial charge in [-0.2, -0.15) is 0 Å². The molecule has 1 atom stereocenters. The molecule has 1 fully saturated rings. The Kier molecular flexibility index (Phi) is 3.49. The molecule has 0 aromatic rings. The second-order valence-electron chi connectivity index (χ2n) is 3.75. The Balaban J connectivity index is 2.66. The summed E-state index contributed by atoms with van der Waals surface area (Å²) >= 11 is 0. The van der Waals surface area contributed by atoms with Gasteiger partial charge in [-0.1, -0.05) is 6.92 Å². The number of ketones is 1. The van der Waals surface area contributed by atoms with Gasteiger partial charge in [-0.05, 0) is 13.3 Å². The monoisotopic (exact) mass is 198 g/mol. The van der Waals surface area contributed by atoms with Gasteiger partial charge in [-0.15, -0.1) is 0 Å². The van der Waals surface area contributed by atoms with Crippen LogP contribution < -0.4 is 0 Å². The lowest BCUT2D eigenvalue weighted by atomic mass is 10.1. The predicted molar refractivity (Wildman–Crippen MR) is 54.1 cm³/mol. The molecular formula is C10H18N2O2. The number of amides is 2. The van der Waals surface area contributed by atoms with Gasteiger partial charge in [-0.3, -0.25) is 4.79 Å². The minimum atomic E-state index is -0.268. The Labute approximate surface area is 84.9 Å². The Morgan fingerprint density at radius 3 is 2.71 bits per heavy atom. The Morgan fingerprint density at radius 2 is 2.14 bits per heavy atom. The number of hydrogen-bond acceptors (Lipinski definition) is 2. The molecule has 0 aromatic heterocycles. The molecule has 0 N–H and O–H groups in total. The lowest BCUT2D eigenvalue weighted by Gasteiger charge is -2.36. The number of carbonyl (C=O) groups is 2. The van der Waals surface area contributed by atoms with E-state index in [1.54, 1.807) is 16.8 Å². The van der Waals surface area contributed by atoms with E-state index in [9.17, 15) is 9.59 Å². The van der Waals surface area contributed by atoms with Crippen LogP contribution in [0.3, 0.4) is 0 Å². The molecule has 14 heavy (non-hydrogen) atoms. The zero-order chi connectivity index (χ0) is 10.7. The molecule has 0 aliphatic carbocycles. The zero-order valence-electron chi connectivity index (χ0n) is 9.12. The van der Waals surface area contributed by atoms with Crippen molar-refractivity contribution in [3.05, 3.63) is 0 Å². The highest BCUT2D eigenvalue weighted by Gasteiger charge is 2.29. The first-order valence-corrected chi connectivity index (χ1v) is 5.12. The van der Waals surface area contributed by atoms with Crippen molar-refractivity contribution in [1.29, 1.82) is 0 Å². The Morgan fingerprint density at radius 1 is 1.50 bits per heavy atom. The summed E-state index contributed by atoms with van der Waals surface area (Å²) in [6.07, 6.45) is 1.44. The maximum Gasteiger partial charge on any atom is 0.320 e. The summed E-state index contributed by atoms with van der Waals surface area (Å²) in [5.74, 6) is 0.133. The molecule has 1 unspecified atom stereocenters. The Hall–Kier alpha value is -1.06. The van der Waals surface area contributed by atoms with Crippen molar-refractivity contribution < 1.29 is 9.59 Å². The standard InChI is InChI=1S/C10H18N2O2/c1-4-9(13)8(2)12-7-5-6-11(3)10(12)14/h8H,4-7H2,1-3H3. The average molecular weight is 198 g/mol. The van der Waals surface area contributed by atoms with Crippen LogP contribution >= 0.6 is 0 Å². The van der Waals surface area contributed by atoms with E-state index in [1.165, 1.54) is 0 Å². The van der Waals surface area contributed by atoms with Gasteiger partial charge in [0.05, 0.1) is 6.04 Å². The molecule has 1 heterocycles. The predicted octanol–water partition coefficient (Wildman–Crippen LogP) is 1.11. The van der Waals surface area contributed by atoms with E-state index < -0.39 is 0 Å². The molecule has 4 nitrogen and oxygen atoms in total. The third-order valence-electron chi connectivity index (χ3n) is 2.75. The first-order valence-electron chi connectivity index (χ1n) is 5.12. The molecule has 0 radical (unpaired) electrons. The van der Waals surface area contributed by atoms with Crippen LogP contribution in [0.1, 0.15) is 26.7 Å². The van der Waals surface area contributed by atoms with Gasteiger partial charge < -0.3 is 9.80 Å². The summed E-state index contributed by atoms with van der Waals surface area (Å²) < 4.78 is 0. The van der Waals surface area contributed by atoms with Crippen molar-refractivity contribution in [2.24, 2.45) is 0 Å². The highest BCUT2D eigenvalue weighted by atomic mass is 16.2. The molecule has 2 amide bonds. The third kappa shape index (κ3) is 2.05. The molecule has 0 spiro atoms. The van der Waals surface area contributed by atoms with Crippen LogP contribution in [0.15, 0.2) is 0 Å². The van der Waals surface area contributed by atoms with Crippen molar-refractivity contribution in [1.82, 2.24) is 9.80 Å². The highest BCUT2D eigenvalue weighted by Crippen LogP contribution is 2.12. The molecule has 0 bridgehead atoms. The first kappa shape index (κ1) is 11.0. The van der Waals surface area contributed by atoms with E-state index in [0.717, 1.165) is 13.0 Å². The van der Waals surface area contributed by atoms with Crippen molar-refractivity contribution in [2.45, 2.75) is 32.7 Å². The molecule has 0 saturated carbocycles. The smallest absolute Gasteiger partial charge is 0.320 e. The van der Waals surface area contributed by atoms with Crippen LogP contribution in [-0.4, -0.2) is 47.8 Å². The second-order valence-corrected chi connectivity index (χ2v) is 3.75. The normalized spacial score (nSPS) is 19.8. The van der Waals surface area contributed by atoms with Crippen LogP contribution in [-0.2, 0) is 4.79 Å². The van der Waals surface area contributed by atoms with Gasteiger partial charge in [0.2, 0.25) is 0 Å². The van der Waals surface area contributed by atoms with E-state index in [-0.39, 0.29) is 17.9 Å². The second kappa shape index (κ2) is 4.44. The minimum absolute atomic E-state index is 0.0226. The number of hydrogen-bond donors (Lipinski definition) is 0. The van der Waals surface area contributed by atoms with E-state index in [0.29, 0.717) is 13.0 Å². The molecule has 1 saturated heterocycles. The fourth-order valence-corrected chi connectivity index (χ4v) is 1.72. The van der Waals surface area contributed by atoms with Gasteiger partial charge >= 0.3 is 6.03 Å². The number of nitrogens with zero attached hydrogens (tertiary/aromatic N) is 2. The van der Waals surface area contributed by atoms with Crippen LogP contribution in [0, 0.1) is 0 Å². The van der Waals surface area contributed by atoms with Gasteiger partial charge in [0.15, 0.2) is 5.78 Å². The van der Waals surface area contributed by atoms with E-state index >= 15 is 0 Å². The zero-order valence-corrected chi connectivity index (χ0v) is 9.12. The minimum Gasteiger partial charge on any atom is -0.328 e. The molecule has 1 aliphatic heterocycles. The molecule has 4 heteroatoms. The third-order valence-corrected chi connectivity index (χ3v) is 2.75. The summed E-state index contributed by atoms with van der Waals surface area (Å²) in [4.78, 5) is 26.5. The topological polar surface area (TPSA) is 40.6 Å². The number of Topliss-reactive ketones (excluding diaryl/α,β-unsaturated/α-hetero) is 1. The highest BCUT2D eigenvalue weighted by molar-refractivity contribution is 5.88. The summed E-state index contributed by atoms with van der Waals surface area (Å²) in [6.45, 7) is 5.14. The number of rotatable bonds is 3. The van der Waals surface area contributed by atoms with Crippen molar-refractivity contribution in [3.63, 3.8) is 0 Å². The summed E-state index contributed by atoms with van der Waals surface area (Å²) in [5.41, 5.74) is 0. The van der Waals surface area contributed by atoms with E-state index in [2.05, 4.69) is 0 Å². The first-order chi connectivity index (χ1) is 6.57. The van der Waals surface area contributed by atoms with Crippen molar-refractivity contribution in [3.8, 4) is 0 Å². The lowest BCUT2D eigenvalue weighted by Crippen LogP contribution is -2.53. The van der Waals surface area contributed by atoms with Gasteiger partial charge in [0, 0.05) is 26.6 Å². The molecule has 0 aromatic carbocycles. The van der Waals surface area contributed by atoms with E-state index in [4.69, 9.17) is 0 Å². The molecular weight excluding hydrogens is 180 g/mol. The summed E-state index contributed by atoms with van der Waals surface area (Å²) in [7, 11) is 1.78.